The van der Waals surface area contributed by atoms with Crippen LogP contribution in [-0.2, 0) is 13.6 Å². The van der Waals surface area contributed by atoms with Crippen LogP contribution in [0.1, 0.15) is 17.7 Å². The van der Waals surface area contributed by atoms with Crippen molar-refractivity contribution in [1.82, 2.24) is 9.88 Å². The minimum Gasteiger partial charge on any atom is -0.342 e. The Morgan fingerprint density at radius 1 is 1.64 bits per heavy atom. The van der Waals surface area contributed by atoms with Gasteiger partial charge in [-0.25, -0.2) is 0 Å². The average Bonchev–Trinajstić information content (AvgIpc) is 2.54. The first-order chi connectivity index (χ1) is 6.77. The van der Waals surface area contributed by atoms with Crippen LogP contribution in [0.2, 0.25) is 0 Å². The summed E-state index contributed by atoms with van der Waals surface area (Å²) in [6, 6.07) is 4.00. The lowest BCUT2D eigenvalue weighted by Crippen LogP contribution is -2.13. The van der Waals surface area contributed by atoms with Crippen LogP contribution in [-0.4, -0.2) is 11.1 Å². The highest BCUT2D eigenvalue weighted by Crippen LogP contribution is 2.05. The average molecular weight is 187 g/mol. The van der Waals surface area contributed by atoms with Crippen molar-refractivity contribution in [3.05, 3.63) is 23.5 Å². The van der Waals surface area contributed by atoms with E-state index in [1.54, 1.807) is 0 Å². The minimum absolute atomic E-state index is 0.679. The number of nitriles is 1. The lowest BCUT2D eigenvalue weighted by molar-refractivity contribution is 0.700. The first-order valence-corrected chi connectivity index (χ1v) is 4.47. The topological polar surface area (TPSA) is 40.8 Å². The number of nitrogens with one attached hydrogen (secondary N) is 1. The highest BCUT2D eigenvalue weighted by Gasteiger charge is 2.00. The second kappa shape index (κ2) is 5.11. The molecular formula is C11H13N3. The van der Waals surface area contributed by atoms with Gasteiger partial charge in [-0.15, -0.1) is 12.3 Å². The first kappa shape index (κ1) is 10.4. The van der Waals surface area contributed by atoms with E-state index in [1.807, 2.05) is 23.9 Å². The zero-order valence-electron chi connectivity index (χ0n) is 8.25. The third-order valence-corrected chi connectivity index (χ3v) is 1.95. The maximum atomic E-state index is 8.72. The molecule has 0 unspecified atom stereocenters. The van der Waals surface area contributed by atoms with Crippen LogP contribution in [0.4, 0.5) is 0 Å². The molecule has 3 nitrogen and oxygen atoms in total. The maximum absolute atomic E-state index is 8.72. The summed E-state index contributed by atoms with van der Waals surface area (Å²) in [4.78, 5) is 0. The van der Waals surface area contributed by atoms with Gasteiger partial charge >= 0.3 is 0 Å². The second-order valence-electron chi connectivity index (χ2n) is 3.09. The van der Waals surface area contributed by atoms with E-state index in [9.17, 15) is 0 Å². The Kier molecular flexibility index (Phi) is 3.79. The molecular weight excluding hydrogens is 174 g/mol. The number of aromatic nitrogens is 1. The minimum atomic E-state index is 0.679. The summed E-state index contributed by atoms with van der Waals surface area (Å²) in [6.07, 6.45) is 7.80. The Bertz CT molecular complexity index is 376. The number of hydrogen-bond donors (Lipinski definition) is 1. The van der Waals surface area contributed by atoms with Crippen molar-refractivity contribution in [2.45, 2.75) is 13.0 Å². The summed E-state index contributed by atoms with van der Waals surface area (Å²) in [6.45, 7) is 1.57. The molecule has 0 aliphatic heterocycles. The van der Waals surface area contributed by atoms with E-state index in [0.29, 0.717) is 5.69 Å². The smallest absolute Gasteiger partial charge is 0.120 e. The maximum Gasteiger partial charge on any atom is 0.120 e. The van der Waals surface area contributed by atoms with Gasteiger partial charge in [0.05, 0.1) is 0 Å². The van der Waals surface area contributed by atoms with E-state index in [2.05, 4.69) is 17.3 Å². The van der Waals surface area contributed by atoms with Gasteiger partial charge in [-0.3, -0.25) is 0 Å². The molecule has 3 heteroatoms. The largest absolute Gasteiger partial charge is 0.342 e. The van der Waals surface area contributed by atoms with Crippen LogP contribution in [0.15, 0.2) is 12.3 Å². The molecule has 0 fully saturated rings. The number of hydrogen-bond acceptors (Lipinski definition) is 2. The highest BCUT2D eigenvalue weighted by atomic mass is 14.9. The molecule has 0 saturated carbocycles. The van der Waals surface area contributed by atoms with Crippen molar-refractivity contribution in [2.24, 2.45) is 7.05 Å². The molecule has 0 atom stereocenters. The van der Waals surface area contributed by atoms with Crippen LogP contribution in [0.25, 0.3) is 0 Å². The van der Waals surface area contributed by atoms with Gasteiger partial charge in [0.25, 0.3) is 0 Å². The monoisotopic (exact) mass is 187 g/mol. The van der Waals surface area contributed by atoms with Gasteiger partial charge < -0.3 is 9.88 Å². The van der Waals surface area contributed by atoms with Crippen LogP contribution in [0, 0.1) is 23.7 Å². The molecule has 1 heterocycles. The van der Waals surface area contributed by atoms with Crippen molar-refractivity contribution >= 4 is 0 Å². The Hall–Kier alpha value is -1.71. The molecule has 0 aromatic carbocycles. The normalized spacial score (nSPS) is 9.36. The van der Waals surface area contributed by atoms with E-state index in [1.165, 1.54) is 0 Å². The van der Waals surface area contributed by atoms with Crippen molar-refractivity contribution in [3.8, 4) is 18.4 Å². The summed E-state index contributed by atoms with van der Waals surface area (Å²) >= 11 is 0. The molecule has 0 saturated heterocycles. The number of nitrogens with zero attached hydrogens (tertiary/aromatic N) is 2. The fourth-order valence-electron chi connectivity index (χ4n) is 1.23. The second-order valence-corrected chi connectivity index (χ2v) is 3.09. The van der Waals surface area contributed by atoms with Crippen LogP contribution < -0.4 is 5.32 Å². The SMILES string of the molecule is C#CCCNCc1cc(C#N)n(C)c1. The predicted molar refractivity (Wildman–Crippen MR) is 55.3 cm³/mol. The quantitative estimate of drug-likeness (QED) is 0.564. The van der Waals surface area contributed by atoms with Crippen molar-refractivity contribution in [3.63, 3.8) is 0 Å². The van der Waals surface area contributed by atoms with Gasteiger partial charge in [0.1, 0.15) is 11.8 Å². The summed E-state index contributed by atoms with van der Waals surface area (Å²) in [7, 11) is 1.86. The molecule has 0 aliphatic rings. The molecule has 0 aliphatic carbocycles. The molecule has 1 N–H and O–H groups in total. The van der Waals surface area contributed by atoms with E-state index >= 15 is 0 Å². The first-order valence-electron chi connectivity index (χ1n) is 4.47. The summed E-state index contributed by atoms with van der Waals surface area (Å²) in [5, 5.41) is 11.9. The molecule has 0 amide bonds. The summed E-state index contributed by atoms with van der Waals surface area (Å²) < 4.78 is 1.82. The third kappa shape index (κ3) is 2.65. The van der Waals surface area contributed by atoms with Gasteiger partial charge in [0.15, 0.2) is 0 Å². The molecule has 1 aromatic rings. The van der Waals surface area contributed by atoms with Gasteiger partial charge in [-0.2, -0.15) is 5.26 Å². The summed E-state index contributed by atoms with van der Waals surface area (Å²) in [5.74, 6) is 2.56. The lowest BCUT2D eigenvalue weighted by atomic mass is 10.3. The Balaban J connectivity index is 2.45. The van der Waals surface area contributed by atoms with Crippen molar-refractivity contribution in [1.29, 1.82) is 5.26 Å². The van der Waals surface area contributed by atoms with Crippen LogP contribution >= 0.6 is 0 Å². The van der Waals surface area contributed by atoms with E-state index in [-0.39, 0.29) is 0 Å². The Morgan fingerprint density at radius 2 is 2.43 bits per heavy atom. The molecule has 0 radical (unpaired) electrons. The fourth-order valence-corrected chi connectivity index (χ4v) is 1.23. The molecule has 0 bridgehead atoms. The predicted octanol–water partition coefficient (Wildman–Crippen LogP) is 1.01. The van der Waals surface area contributed by atoms with Gasteiger partial charge in [-0.1, -0.05) is 0 Å². The van der Waals surface area contributed by atoms with Gasteiger partial charge in [0, 0.05) is 32.8 Å². The number of terminal acetylenes is 1. The molecule has 1 rings (SSSR count). The Labute approximate surface area is 84.3 Å². The Morgan fingerprint density at radius 3 is 3.00 bits per heavy atom. The zero-order valence-corrected chi connectivity index (χ0v) is 8.25. The fraction of sp³-hybridized carbons (Fsp3) is 0.364. The number of rotatable bonds is 4. The van der Waals surface area contributed by atoms with Gasteiger partial charge in [0.2, 0.25) is 0 Å². The highest BCUT2D eigenvalue weighted by molar-refractivity contribution is 5.28. The van der Waals surface area contributed by atoms with E-state index in [4.69, 9.17) is 11.7 Å². The standard InChI is InChI=1S/C11H13N3/c1-3-4-5-13-8-10-6-11(7-12)14(2)9-10/h1,6,9,13H,4-5,8H2,2H3. The van der Waals surface area contributed by atoms with Crippen LogP contribution in [0.5, 0.6) is 0 Å². The van der Waals surface area contributed by atoms with E-state index < -0.39 is 0 Å². The molecule has 14 heavy (non-hydrogen) atoms. The molecule has 72 valence electrons. The van der Waals surface area contributed by atoms with Gasteiger partial charge in [-0.05, 0) is 11.6 Å². The molecule has 0 spiro atoms. The summed E-state index contributed by atoms with van der Waals surface area (Å²) in [5.41, 5.74) is 1.79. The van der Waals surface area contributed by atoms with E-state index in [0.717, 1.165) is 25.1 Å². The zero-order chi connectivity index (χ0) is 10.4. The van der Waals surface area contributed by atoms with Crippen LogP contribution in [0.3, 0.4) is 0 Å². The third-order valence-electron chi connectivity index (χ3n) is 1.95. The van der Waals surface area contributed by atoms with Crippen molar-refractivity contribution in [2.75, 3.05) is 6.54 Å². The lowest BCUT2D eigenvalue weighted by Gasteiger charge is -1.98. The van der Waals surface area contributed by atoms with Crippen molar-refractivity contribution < 1.29 is 0 Å². The number of aryl methyl sites for hydroxylation is 1. The molecule has 1 aromatic heterocycles.